The molecule has 162 valence electrons. The van der Waals surface area contributed by atoms with Crippen LogP contribution in [0.4, 0.5) is 5.69 Å². The molecular formula is C23H25N3O5. The molecule has 0 unspecified atom stereocenters. The molecule has 2 aromatic rings. The van der Waals surface area contributed by atoms with E-state index in [1.54, 1.807) is 36.4 Å². The van der Waals surface area contributed by atoms with Gasteiger partial charge in [-0.2, -0.15) is 0 Å². The Morgan fingerprint density at radius 2 is 1.74 bits per heavy atom. The summed E-state index contributed by atoms with van der Waals surface area (Å²) in [5, 5.41) is 3.77. The molecule has 1 aliphatic rings. The molecule has 0 saturated carbocycles. The number of hydrogen-bond donors (Lipinski definition) is 2. The summed E-state index contributed by atoms with van der Waals surface area (Å²) >= 11 is 0. The molecule has 0 aromatic heterocycles. The van der Waals surface area contributed by atoms with Gasteiger partial charge in [0.05, 0.1) is 12.5 Å². The van der Waals surface area contributed by atoms with Gasteiger partial charge >= 0.3 is 5.97 Å². The molecule has 3 rings (SSSR count). The Balaban J connectivity index is 1.46. The number of ether oxygens (including phenoxy) is 1. The Morgan fingerprint density at radius 3 is 2.39 bits per heavy atom. The average Bonchev–Trinajstić information content (AvgIpc) is 3.13. The van der Waals surface area contributed by atoms with E-state index in [4.69, 9.17) is 4.74 Å². The Kier molecular flexibility index (Phi) is 7.02. The van der Waals surface area contributed by atoms with E-state index in [1.165, 1.54) is 0 Å². The van der Waals surface area contributed by atoms with Crippen LogP contribution < -0.4 is 10.7 Å². The number of hydrogen-bond acceptors (Lipinski definition) is 5. The number of benzene rings is 2. The van der Waals surface area contributed by atoms with Crippen LogP contribution in [-0.2, 0) is 25.5 Å². The van der Waals surface area contributed by atoms with Gasteiger partial charge in [-0.15, -0.1) is 0 Å². The lowest BCUT2D eigenvalue weighted by molar-refractivity contribution is -0.151. The molecule has 31 heavy (non-hydrogen) atoms. The van der Waals surface area contributed by atoms with Crippen molar-refractivity contribution in [2.24, 2.45) is 5.92 Å². The van der Waals surface area contributed by atoms with Gasteiger partial charge in [-0.05, 0) is 43.2 Å². The van der Waals surface area contributed by atoms with Crippen LogP contribution in [-0.4, -0.2) is 41.9 Å². The van der Waals surface area contributed by atoms with Gasteiger partial charge in [0.2, 0.25) is 5.91 Å². The van der Waals surface area contributed by atoms with Crippen molar-refractivity contribution in [3.8, 4) is 0 Å². The zero-order valence-corrected chi connectivity index (χ0v) is 17.5. The highest BCUT2D eigenvalue weighted by atomic mass is 16.5. The number of carbonyl (C=O) groups excluding carboxylic acids is 4. The van der Waals surface area contributed by atoms with E-state index < -0.39 is 30.3 Å². The lowest BCUT2D eigenvalue weighted by Crippen LogP contribution is -2.43. The van der Waals surface area contributed by atoms with Crippen LogP contribution in [0.1, 0.15) is 34.8 Å². The number of esters is 1. The number of nitrogens with one attached hydrogen (secondary N) is 2. The van der Waals surface area contributed by atoms with Crippen molar-refractivity contribution >= 4 is 29.4 Å². The van der Waals surface area contributed by atoms with Crippen LogP contribution in [0.2, 0.25) is 0 Å². The third-order valence-electron chi connectivity index (χ3n) is 5.00. The number of aryl methyl sites for hydroxylation is 2. The van der Waals surface area contributed by atoms with Crippen molar-refractivity contribution in [3.63, 3.8) is 0 Å². The Labute approximate surface area is 180 Å². The van der Waals surface area contributed by atoms with E-state index in [0.29, 0.717) is 11.3 Å². The van der Waals surface area contributed by atoms with Crippen LogP contribution in [0.5, 0.6) is 0 Å². The molecule has 2 aromatic carbocycles. The van der Waals surface area contributed by atoms with Crippen molar-refractivity contribution in [2.45, 2.75) is 26.7 Å². The van der Waals surface area contributed by atoms with Crippen molar-refractivity contribution in [1.82, 2.24) is 10.4 Å². The summed E-state index contributed by atoms with van der Waals surface area (Å²) < 4.78 is 5.06. The smallest absolute Gasteiger partial charge is 0.311 e. The standard InChI is InChI=1S/C23H25N3O5/c1-3-16-6-10-19(11-7-16)24-20(27)14-31-23(30)18-12-21(28)26(13-18)25-22(29)17-8-4-15(2)5-9-17/h4-11,18H,3,12-14H2,1-2H3,(H,24,27)(H,25,29)/t18-/m1/s1. The molecule has 3 amide bonds. The first-order valence-electron chi connectivity index (χ1n) is 10.1. The molecule has 1 saturated heterocycles. The highest BCUT2D eigenvalue weighted by Crippen LogP contribution is 2.18. The normalized spacial score (nSPS) is 15.5. The fourth-order valence-electron chi connectivity index (χ4n) is 3.14. The number of carbonyl (C=O) groups is 4. The summed E-state index contributed by atoms with van der Waals surface area (Å²) in [5.74, 6) is -2.69. The van der Waals surface area contributed by atoms with Gasteiger partial charge in [-0.3, -0.25) is 29.6 Å². The molecule has 8 nitrogen and oxygen atoms in total. The van der Waals surface area contributed by atoms with E-state index in [2.05, 4.69) is 10.7 Å². The van der Waals surface area contributed by atoms with E-state index in [0.717, 1.165) is 22.6 Å². The highest BCUT2D eigenvalue weighted by molar-refractivity contribution is 5.97. The molecule has 0 radical (unpaired) electrons. The summed E-state index contributed by atoms with van der Waals surface area (Å²) in [4.78, 5) is 48.7. The summed E-state index contributed by atoms with van der Waals surface area (Å²) in [6, 6.07) is 14.3. The van der Waals surface area contributed by atoms with E-state index >= 15 is 0 Å². The summed E-state index contributed by atoms with van der Waals surface area (Å²) in [5.41, 5.74) is 5.69. The largest absolute Gasteiger partial charge is 0.455 e. The summed E-state index contributed by atoms with van der Waals surface area (Å²) in [6.45, 7) is 3.49. The molecule has 0 aliphatic carbocycles. The van der Waals surface area contributed by atoms with Gasteiger partial charge in [-0.1, -0.05) is 36.8 Å². The van der Waals surface area contributed by atoms with E-state index in [9.17, 15) is 19.2 Å². The molecule has 2 N–H and O–H groups in total. The van der Waals surface area contributed by atoms with Gasteiger partial charge in [0.15, 0.2) is 6.61 Å². The number of amides is 3. The SMILES string of the molecule is CCc1ccc(NC(=O)COC(=O)[C@@H]2CC(=O)N(NC(=O)c3ccc(C)cc3)C2)cc1. The minimum absolute atomic E-state index is 0.00460. The maximum atomic E-state index is 12.3. The minimum atomic E-state index is -0.748. The molecule has 1 atom stereocenters. The summed E-state index contributed by atoms with van der Waals surface area (Å²) in [6.07, 6.45) is 0.807. The molecule has 0 bridgehead atoms. The van der Waals surface area contributed by atoms with Crippen molar-refractivity contribution in [3.05, 3.63) is 65.2 Å². The maximum Gasteiger partial charge on any atom is 0.311 e. The van der Waals surface area contributed by atoms with Crippen LogP contribution in [0.3, 0.4) is 0 Å². The van der Waals surface area contributed by atoms with Crippen LogP contribution in [0, 0.1) is 12.8 Å². The monoisotopic (exact) mass is 423 g/mol. The zero-order chi connectivity index (χ0) is 22.4. The first kappa shape index (κ1) is 22.0. The number of nitrogens with zero attached hydrogens (tertiary/aromatic N) is 1. The van der Waals surface area contributed by atoms with Crippen molar-refractivity contribution in [2.75, 3.05) is 18.5 Å². The van der Waals surface area contributed by atoms with E-state index in [1.807, 2.05) is 26.0 Å². The lowest BCUT2D eigenvalue weighted by Gasteiger charge is -2.17. The molecule has 1 heterocycles. The first-order valence-corrected chi connectivity index (χ1v) is 10.1. The number of hydrazine groups is 1. The second-order valence-corrected chi connectivity index (χ2v) is 7.42. The van der Waals surface area contributed by atoms with Gasteiger partial charge in [0.1, 0.15) is 0 Å². The summed E-state index contributed by atoms with van der Waals surface area (Å²) in [7, 11) is 0. The molecule has 1 aliphatic heterocycles. The number of rotatable bonds is 7. The lowest BCUT2D eigenvalue weighted by atomic mass is 10.1. The van der Waals surface area contributed by atoms with Crippen LogP contribution in [0.15, 0.2) is 48.5 Å². The number of anilines is 1. The topological polar surface area (TPSA) is 105 Å². The predicted molar refractivity (Wildman–Crippen MR) is 114 cm³/mol. The Bertz CT molecular complexity index is 970. The van der Waals surface area contributed by atoms with Crippen LogP contribution in [0.25, 0.3) is 0 Å². The predicted octanol–water partition coefficient (Wildman–Crippen LogP) is 2.23. The molecular weight excluding hydrogens is 398 g/mol. The minimum Gasteiger partial charge on any atom is -0.455 e. The second kappa shape index (κ2) is 9.88. The first-order chi connectivity index (χ1) is 14.9. The Morgan fingerprint density at radius 1 is 1.06 bits per heavy atom. The third-order valence-corrected chi connectivity index (χ3v) is 5.00. The zero-order valence-electron chi connectivity index (χ0n) is 17.5. The van der Waals surface area contributed by atoms with Gasteiger partial charge in [-0.25, -0.2) is 0 Å². The fraction of sp³-hybridized carbons (Fsp3) is 0.304. The Hall–Kier alpha value is -3.68. The second-order valence-electron chi connectivity index (χ2n) is 7.42. The van der Waals surface area contributed by atoms with Gasteiger partial charge in [0, 0.05) is 17.7 Å². The molecule has 0 spiro atoms. The third kappa shape index (κ3) is 5.91. The molecule has 1 fully saturated rings. The van der Waals surface area contributed by atoms with Crippen molar-refractivity contribution in [1.29, 1.82) is 0 Å². The van der Waals surface area contributed by atoms with Gasteiger partial charge in [0.25, 0.3) is 11.8 Å². The molecule has 8 heteroatoms. The maximum absolute atomic E-state index is 12.3. The van der Waals surface area contributed by atoms with E-state index in [-0.39, 0.29) is 18.9 Å². The van der Waals surface area contributed by atoms with Gasteiger partial charge < -0.3 is 10.1 Å². The average molecular weight is 423 g/mol. The fourth-order valence-corrected chi connectivity index (χ4v) is 3.14. The highest BCUT2D eigenvalue weighted by Gasteiger charge is 2.36. The van der Waals surface area contributed by atoms with Crippen molar-refractivity contribution < 1.29 is 23.9 Å². The van der Waals surface area contributed by atoms with Crippen LogP contribution >= 0.6 is 0 Å². The quantitative estimate of drug-likeness (QED) is 0.665.